The Morgan fingerprint density at radius 2 is 1.69 bits per heavy atom. The molecule has 2 aromatic carbocycles. The molecule has 7 nitrogen and oxygen atoms in total. The predicted octanol–water partition coefficient (Wildman–Crippen LogP) is 3.05. The lowest BCUT2D eigenvalue weighted by molar-refractivity contribution is 0.604. The summed E-state index contributed by atoms with van der Waals surface area (Å²) in [5.41, 5.74) is 14.7. The quantitative estimate of drug-likeness (QED) is 0.286. The Bertz CT molecular complexity index is 1100. The van der Waals surface area contributed by atoms with Crippen molar-refractivity contribution < 1.29 is 4.42 Å². The molecule has 2 aromatic heterocycles. The van der Waals surface area contributed by atoms with E-state index in [4.69, 9.17) is 26.7 Å². The van der Waals surface area contributed by atoms with Gasteiger partial charge in [0, 0.05) is 16.5 Å². The third-order valence-corrected chi connectivity index (χ3v) is 4.06. The molecule has 0 amide bonds. The maximum absolute atomic E-state index is 7.50. The van der Waals surface area contributed by atoms with Crippen LogP contribution in [-0.4, -0.2) is 21.6 Å². The van der Waals surface area contributed by atoms with Crippen LogP contribution in [0.15, 0.2) is 46.9 Å². The summed E-state index contributed by atoms with van der Waals surface area (Å²) in [4.78, 5) is 7.66. The summed E-state index contributed by atoms with van der Waals surface area (Å²) in [5, 5.41) is 15.9. The molecule has 0 saturated carbocycles. The molecule has 0 fully saturated rings. The smallest absolute Gasteiger partial charge is 0.134 e. The highest BCUT2D eigenvalue weighted by Gasteiger charge is 2.06. The van der Waals surface area contributed by atoms with E-state index in [-0.39, 0.29) is 11.7 Å². The zero-order valence-corrected chi connectivity index (χ0v) is 13.7. The predicted molar refractivity (Wildman–Crippen MR) is 103 cm³/mol. The average molecular weight is 344 g/mol. The molecular weight excluding hydrogens is 328 g/mol. The minimum atomic E-state index is 0.0193. The van der Waals surface area contributed by atoms with Gasteiger partial charge in [-0.2, -0.15) is 0 Å². The molecule has 0 aliphatic rings. The van der Waals surface area contributed by atoms with E-state index in [2.05, 4.69) is 9.97 Å². The lowest BCUT2D eigenvalue weighted by Gasteiger charge is -1.96. The van der Waals surface area contributed by atoms with Crippen LogP contribution < -0.4 is 11.5 Å². The van der Waals surface area contributed by atoms with Gasteiger partial charge >= 0.3 is 0 Å². The summed E-state index contributed by atoms with van der Waals surface area (Å²) in [6, 6.07) is 12.7. The molecule has 7 N–H and O–H groups in total. The summed E-state index contributed by atoms with van der Waals surface area (Å²) in [7, 11) is 0. The molecule has 4 rings (SSSR count). The number of nitrogens with two attached hydrogens (primary N) is 2. The van der Waals surface area contributed by atoms with Gasteiger partial charge in [0.2, 0.25) is 0 Å². The molecule has 128 valence electrons. The molecule has 0 spiro atoms. The van der Waals surface area contributed by atoms with E-state index in [0.717, 1.165) is 22.0 Å². The molecule has 0 aliphatic heterocycles. The summed E-state index contributed by atoms with van der Waals surface area (Å²) >= 11 is 0. The molecule has 0 radical (unpaired) electrons. The number of aromatic nitrogens is 2. The Labute approximate surface area is 148 Å². The Hall–Kier alpha value is -3.87. The highest BCUT2D eigenvalue weighted by atomic mass is 16.3. The van der Waals surface area contributed by atoms with E-state index >= 15 is 0 Å². The van der Waals surface area contributed by atoms with Gasteiger partial charge in [0.1, 0.15) is 28.8 Å². The number of hydrogen-bond donors (Lipinski definition) is 5. The standard InChI is InChI=1S/C19H16N6O/c20-18(21)10-2-5-16-12(7-10)8-13(26-16)3-6-17-24-14-4-1-11(19(22)23)9-15(14)25-17/h1-9H,(H3,20,21)(H3,22,23)(H,24,25). The van der Waals surface area contributed by atoms with Crippen LogP contribution in [0.3, 0.4) is 0 Å². The fourth-order valence-electron chi connectivity index (χ4n) is 2.75. The first-order chi connectivity index (χ1) is 12.5. The fourth-order valence-corrected chi connectivity index (χ4v) is 2.75. The lowest BCUT2D eigenvalue weighted by Crippen LogP contribution is -2.10. The molecular formula is C19H16N6O. The Kier molecular flexibility index (Phi) is 3.54. The van der Waals surface area contributed by atoms with Crippen molar-refractivity contribution in [3.8, 4) is 0 Å². The zero-order chi connectivity index (χ0) is 18.3. The zero-order valence-electron chi connectivity index (χ0n) is 13.7. The summed E-state index contributed by atoms with van der Waals surface area (Å²) in [6.07, 6.45) is 3.63. The van der Waals surface area contributed by atoms with Crippen LogP contribution in [0.2, 0.25) is 0 Å². The Morgan fingerprint density at radius 1 is 0.962 bits per heavy atom. The van der Waals surface area contributed by atoms with E-state index < -0.39 is 0 Å². The highest BCUT2D eigenvalue weighted by Crippen LogP contribution is 2.22. The molecule has 0 unspecified atom stereocenters. The second-order valence-electron chi connectivity index (χ2n) is 5.92. The SMILES string of the molecule is N=C(N)c1ccc2oc(C=Cc3nc4ccc(C(=N)N)cc4[nH]3)cc2c1. The molecule has 26 heavy (non-hydrogen) atoms. The number of aromatic amines is 1. The average Bonchev–Trinajstić information content (AvgIpc) is 3.21. The number of imidazole rings is 1. The van der Waals surface area contributed by atoms with Crippen LogP contribution in [-0.2, 0) is 0 Å². The number of hydrogen-bond acceptors (Lipinski definition) is 4. The van der Waals surface area contributed by atoms with Gasteiger partial charge in [-0.25, -0.2) is 4.98 Å². The summed E-state index contributed by atoms with van der Waals surface area (Å²) in [5.74, 6) is 1.39. The van der Waals surface area contributed by atoms with Crippen molar-refractivity contribution in [1.29, 1.82) is 10.8 Å². The van der Waals surface area contributed by atoms with Gasteiger partial charge in [0.05, 0.1) is 11.0 Å². The molecule has 7 heteroatoms. The van der Waals surface area contributed by atoms with Gasteiger partial charge in [-0.15, -0.1) is 0 Å². The molecule has 0 atom stereocenters. The topological polar surface area (TPSA) is 142 Å². The third-order valence-electron chi connectivity index (χ3n) is 4.06. The van der Waals surface area contributed by atoms with Crippen molar-refractivity contribution in [3.05, 3.63) is 65.2 Å². The van der Waals surface area contributed by atoms with Crippen LogP contribution in [0.5, 0.6) is 0 Å². The first kappa shape index (κ1) is 15.6. The van der Waals surface area contributed by atoms with Gasteiger partial charge in [0.25, 0.3) is 0 Å². The first-order valence-corrected chi connectivity index (χ1v) is 7.90. The second kappa shape index (κ2) is 5.89. The van der Waals surface area contributed by atoms with Gasteiger partial charge in [0.15, 0.2) is 0 Å². The number of nitrogen functional groups attached to an aromatic ring is 2. The number of furan rings is 1. The van der Waals surface area contributed by atoms with E-state index in [1.807, 2.05) is 30.4 Å². The number of nitrogens with one attached hydrogen (secondary N) is 3. The molecule has 0 aliphatic carbocycles. The van der Waals surface area contributed by atoms with Gasteiger partial charge < -0.3 is 20.9 Å². The van der Waals surface area contributed by atoms with Crippen LogP contribution in [0.25, 0.3) is 34.2 Å². The van der Waals surface area contributed by atoms with Gasteiger partial charge in [-0.05, 0) is 54.6 Å². The molecule has 2 heterocycles. The van der Waals surface area contributed by atoms with Gasteiger partial charge in [-0.3, -0.25) is 10.8 Å². The fraction of sp³-hybridized carbons (Fsp3) is 0. The van der Waals surface area contributed by atoms with Crippen molar-refractivity contribution in [2.45, 2.75) is 0 Å². The van der Waals surface area contributed by atoms with Crippen molar-refractivity contribution in [2.24, 2.45) is 11.5 Å². The largest absolute Gasteiger partial charge is 0.457 e. The lowest BCUT2D eigenvalue weighted by atomic mass is 10.1. The molecule has 0 bridgehead atoms. The number of nitrogens with zero attached hydrogens (tertiary/aromatic N) is 1. The first-order valence-electron chi connectivity index (χ1n) is 7.90. The maximum atomic E-state index is 7.50. The van der Waals surface area contributed by atoms with Crippen molar-refractivity contribution in [2.75, 3.05) is 0 Å². The minimum Gasteiger partial charge on any atom is -0.457 e. The van der Waals surface area contributed by atoms with E-state index in [1.165, 1.54) is 0 Å². The van der Waals surface area contributed by atoms with Crippen LogP contribution >= 0.6 is 0 Å². The molecule has 4 aromatic rings. The van der Waals surface area contributed by atoms with Crippen LogP contribution in [0.4, 0.5) is 0 Å². The van der Waals surface area contributed by atoms with E-state index in [0.29, 0.717) is 22.7 Å². The minimum absolute atomic E-state index is 0.0193. The maximum Gasteiger partial charge on any atom is 0.134 e. The number of rotatable bonds is 4. The summed E-state index contributed by atoms with van der Waals surface area (Å²) in [6.45, 7) is 0. The Balaban J connectivity index is 1.65. The van der Waals surface area contributed by atoms with E-state index in [1.54, 1.807) is 24.3 Å². The van der Waals surface area contributed by atoms with Crippen LogP contribution in [0, 0.1) is 10.8 Å². The Morgan fingerprint density at radius 3 is 2.46 bits per heavy atom. The van der Waals surface area contributed by atoms with Crippen molar-refractivity contribution in [3.63, 3.8) is 0 Å². The molecule has 0 saturated heterocycles. The number of H-pyrrole nitrogens is 1. The van der Waals surface area contributed by atoms with Crippen molar-refractivity contribution in [1.82, 2.24) is 9.97 Å². The monoisotopic (exact) mass is 344 g/mol. The highest BCUT2D eigenvalue weighted by molar-refractivity contribution is 5.99. The third kappa shape index (κ3) is 2.82. The van der Waals surface area contributed by atoms with Gasteiger partial charge in [-0.1, -0.05) is 0 Å². The normalized spacial score (nSPS) is 11.5. The number of fused-ring (bicyclic) bond motifs is 2. The second-order valence-corrected chi connectivity index (χ2v) is 5.92. The summed E-state index contributed by atoms with van der Waals surface area (Å²) < 4.78 is 5.76. The van der Waals surface area contributed by atoms with Crippen LogP contribution in [0.1, 0.15) is 22.7 Å². The van der Waals surface area contributed by atoms with E-state index in [9.17, 15) is 0 Å². The number of benzene rings is 2. The number of amidine groups is 2. The van der Waals surface area contributed by atoms with Crippen molar-refractivity contribution >= 4 is 45.8 Å².